The van der Waals surface area contributed by atoms with Gasteiger partial charge in [-0.2, -0.15) is 5.26 Å². The molecule has 1 unspecified atom stereocenters. The normalized spacial score (nSPS) is 11.8. The van der Waals surface area contributed by atoms with Crippen molar-refractivity contribution in [3.8, 4) is 6.07 Å². The number of primary amides is 1. The second-order valence-corrected chi connectivity index (χ2v) is 6.29. The molecule has 0 fully saturated rings. The summed E-state index contributed by atoms with van der Waals surface area (Å²) in [4.78, 5) is 38.3. The number of nitrogens with one attached hydrogen (secondary N) is 1. The lowest BCUT2D eigenvalue weighted by Crippen LogP contribution is -2.43. The Morgan fingerprint density at radius 1 is 1.18 bits per heavy atom. The van der Waals surface area contributed by atoms with Gasteiger partial charge in [0.05, 0.1) is 24.3 Å². The van der Waals surface area contributed by atoms with E-state index in [9.17, 15) is 19.6 Å². The van der Waals surface area contributed by atoms with Gasteiger partial charge in [-0.25, -0.2) is 0 Å². The predicted molar refractivity (Wildman–Crippen MR) is 98.3 cm³/mol. The number of carboxylic acid groups (broad SMARTS) is 2. The third-order valence-electron chi connectivity index (χ3n) is 4.30. The number of nitrogens with two attached hydrogens (primary N) is 1. The van der Waals surface area contributed by atoms with Crippen molar-refractivity contribution in [2.75, 3.05) is 13.1 Å². The van der Waals surface area contributed by atoms with Crippen LogP contribution < -0.4 is 5.73 Å². The van der Waals surface area contributed by atoms with E-state index in [2.05, 4.69) is 4.98 Å². The monoisotopic (exact) mass is 384 g/mol. The minimum atomic E-state index is -1.40. The first kappa shape index (κ1) is 20.7. The maximum Gasteiger partial charge on any atom is 0.317 e. The topological polar surface area (TPSA) is 161 Å². The van der Waals surface area contributed by atoms with Crippen LogP contribution in [0.5, 0.6) is 0 Å². The van der Waals surface area contributed by atoms with Crippen molar-refractivity contribution in [3.05, 3.63) is 58.4 Å². The fourth-order valence-electron chi connectivity index (χ4n) is 3.09. The molecule has 0 radical (unpaired) electrons. The number of benzene rings is 1. The van der Waals surface area contributed by atoms with Crippen LogP contribution in [0.15, 0.2) is 30.3 Å². The number of amides is 1. The Hall–Kier alpha value is -3.64. The van der Waals surface area contributed by atoms with Crippen LogP contribution in [-0.4, -0.2) is 51.0 Å². The molecule has 146 valence electrons. The van der Waals surface area contributed by atoms with Gasteiger partial charge >= 0.3 is 11.9 Å². The lowest BCUT2D eigenvalue weighted by Gasteiger charge is -2.26. The molecule has 9 heteroatoms. The van der Waals surface area contributed by atoms with Crippen LogP contribution in [-0.2, 0) is 20.8 Å². The average Bonchev–Trinajstić information content (AvgIpc) is 2.90. The van der Waals surface area contributed by atoms with Gasteiger partial charge in [-0.15, -0.1) is 0 Å². The van der Waals surface area contributed by atoms with Crippen LogP contribution in [0, 0.1) is 18.3 Å². The summed E-state index contributed by atoms with van der Waals surface area (Å²) >= 11 is 0. The number of nitriles is 1. The number of aliphatic carboxylic acids is 2. The molecule has 0 aliphatic heterocycles. The SMILES string of the molecule is Cc1c(Cc2ccccc2)[nH]c(C(C(N)=O)N(CC(=O)O)CC(=O)O)c1C#N. The van der Waals surface area contributed by atoms with E-state index in [-0.39, 0.29) is 11.3 Å². The van der Waals surface area contributed by atoms with Crippen molar-refractivity contribution in [1.29, 1.82) is 5.26 Å². The maximum atomic E-state index is 12.1. The van der Waals surface area contributed by atoms with E-state index in [1.807, 2.05) is 36.4 Å². The Balaban J connectivity index is 2.52. The molecule has 1 atom stereocenters. The Kier molecular flexibility index (Phi) is 6.52. The zero-order chi connectivity index (χ0) is 20.8. The van der Waals surface area contributed by atoms with Crippen LogP contribution >= 0.6 is 0 Å². The molecule has 0 saturated heterocycles. The third kappa shape index (κ3) is 4.75. The molecule has 0 saturated carbocycles. The van der Waals surface area contributed by atoms with E-state index in [1.54, 1.807) is 6.92 Å². The lowest BCUT2D eigenvalue weighted by atomic mass is 10.0. The molecule has 1 amide bonds. The third-order valence-corrected chi connectivity index (χ3v) is 4.30. The molecule has 28 heavy (non-hydrogen) atoms. The van der Waals surface area contributed by atoms with Gasteiger partial charge in [0.15, 0.2) is 0 Å². The van der Waals surface area contributed by atoms with Gasteiger partial charge in [-0.1, -0.05) is 30.3 Å². The van der Waals surface area contributed by atoms with Gasteiger partial charge in [0, 0.05) is 12.1 Å². The highest BCUT2D eigenvalue weighted by Gasteiger charge is 2.33. The molecular formula is C19H20N4O5. The van der Waals surface area contributed by atoms with Gasteiger partial charge in [0.25, 0.3) is 0 Å². The van der Waals surface area contributed by atoms with Crippen LogP contribution in [0.4, 0.5) is 0 Å². The maximum absolute atomic E-state index is 12.1. The molecule has 9 nitrogen and oxygen atoms in total. The Morgan fingerprint density at radius 2 is 1.75 bits per heavy atom. The number of H-pyrrole nitrogens is 1. The number of hydrogen-bond acceptors (Lipinski definition) is 5. The zero-order valence-corrected chi connectivity index (χ0v) is 15.2. The minimum absolute atomic E-state index is 0.0981. The molecule has 0 bridgehead atoms. The van der Waals surface area contributed by atoms with E-state index in [4.69, 9.17) is 15.9 Å². The van der Waals surface area contributed by atoms with Crippen molar-refractivity contribution in [2.45, 2.75) is 19.4 Å². The second-order valence-electron chi connectivity index (χ2n) is 6.29. The number of carboxylic acids is 2. The quantitative estimate of drug-likeness (QED) is 0.497. The molecule has 1 heterocycles. The number of hydrogen-bond donors (Lipinski definition) is 4. The second kappa shape index (κ2) is 8.83. The number of carbonyl (C=O) groups is 3. The molecular weight excluding hydrogens is 364 g/mol. The standard InChI is InChI=1S/C19H20N4O5/c1-11-13(8-20)17(22-14(11)7-12-5-3-2-4-6-12)18(19(21)28)23(9-15(24)25)10-16(26)27/h2-6,18,22H,7,9-10H2,1H3,(H2,21,28)(H,24,25)(H,26,27). The van der Waals surface area contributed by atoms with E-state index >= 15 is 0 Å². The first-order valence-corrected chi connectivity index (χ1v) is 8.36. The summed E-state index contributed by atoms with van der Waals surface area (Å²) in [6.07, 6.45) is 0.449. The average molecular weight is 384 g/mol. The highest BCUT2D eigenvalue weighted by Crippen LogP contribution is 2.28. The summed E-state index contributed by atoms with van der Waals surface area (Å²) < 4.78 is 0. The number of rotatable bonds is 9. The molecule has 0 spiro atoms. The number of aromatic amines is 1. The van der Waals surface area contributed by atoms with E-state index in [1.165, 1.54) is 0 Å². The van der Waals surface area contributed by atoms with Crippen LogP contribution in [0.1, 0.15) is 34.1 Å². The molecule has 0 aliphatic carbocycles. The van der Waals surface area contributed by atoms with Gasteiger partial charge in [0.2, 0.25) is 5.91 Å². The largest absolute Gasteiger partial charge is 0.480 e. The molecule has 1 aromatic carbocycles. The fourth-order valence-corrected chi connectivity index (χ4v) is 3.09. The van der Waals surface area contributed by atoms with E-state index in [0.717, 1.165) is 10.5 Å². The van der Waals surface area contributed by atoms with Crippen molar-refractivity contribution >= 4 is 17.8 Å². The first-order chi connectivity index (χ1) is 13.2. The summed E-state index contributed by atoms with van der Waals surface area (Å²) in [5.74, 6) is -3.59. The van der Waals surface area contributed by atoms with Gasteiger partial charge in [-0.3, -0.25) is 19.3 Å². The fraction of sp³-hybridized carbons (Fsp3) is 0.263. The minimum Gasteiger partial charge on any atom is -0.480 e. The summed E-state index contributed by atoms with van der Waals surface area (Å²) in [6, 6.07) is 10.0. The summed E-state index contributed by atoms with van der Waals surface area (Å²) in [6.45, 7) is 0.251. The van der Waals surface area contributed by atoms with Crippen molar-refractivity contribution in [3.63, 3.8) is 0 Å². The van der Waals surface area contributed by atoms with E-state index < -0.39 is 37.0 Å². The smallest absolute Gasteiger partial charge is 0.317 e. The van der Waals surface area contributed by atoms with Gasteiger partial charge < -0.3 is 20.9 Å². The van der Waals surface area contributed by atoms with Crippen LogP contribution in [0.25, 0.3) is 0 Å². The van der Waals surface area contributed by atoms with Crippen LogP contribution in [0.3, 0.4) is 0 Å². The highest BCUT2D eigenvalue weighted by atomic mass is 16.4. The molecule has 2 rings (SSSR count). The molecule has 0 aliphatic rings. The number of carbonyl (C=O) groups excluding carboxylic acids is 1. The lowest BCUT2D eigenvalue weighted by molar-refractivity contribution is -0.144. The van der Waals surface area contributed by atoms with Gasteiger partial charge in [0.1, 0.15) is 12.1 Å². The Labute approximate surface area is 161 Å². The Bertz CT molecular complexity index is 914. The summed E-state index contributed by atoms with van der Waals surface area (Å²) in [7, 11) is 0. The zero-order valence-electron chi connectivity index (χ0n) is 15.2. The van der Waals surface area contributed by atoms with Crippen LogP contribution in [0.2, 0.25) is 0 Å². The van der Waals surface area contributed by atoms with Crippen molar-refractivity contribution in [1.82, 2.24) is 9.88 Å². The first-order valence-electron chi connectivity index (χ1n) is 8.36. The predicted octanol–water partition coefficient (Wildman–Crippen LogP) is 0.783. The van der Waals surface area contributed by atoms with Gasteiger partial charge in [-0.05, 0) is 18.1 Å². The van der Waals surface area contributed by atoms with E-state index in [0.29, 0.717) is 17.7 Å². The Morgan fingerprint density at radius 3 is 2.21 bits per heavy atom. The highest BCUT2D eigenvalue weighted by molar-refractivity contribution is 5.84. The summed E-state index contributed by atoms with van der Waals surface area (Å²) in [5, 5.41) is 27.8. The molecule has 2 aromatic rings. The number of aromatic nitrogens is 1. The van der Waals surface area contributed by atoms with Crippen molar-refractivity contribution < 1.29 is 24.6 Å². The summed E-state index contributed by atoms with van der Waals surface area (Å²) in [5.41, 5.74) is 7.93. The molecule has 5 N–H and O–H groups in total. The molecule has 1 aromatic heterocycles. The number of nitrogens with zero attached hydrogens (tertiary/aromatic N) is 2. The van der Waals surface area contributed by atoms with Crippen molar-refractivity contribution in [2.24, 2.45) is 5.73 Å².